The van der Waals surface area contributed by atoms with Crippen molar-refractivity contribution in [2.45, 2.75) is 31.6 Å². The van der Waals surface area contributed by atoms with E-state index in [9.17, 15) is 8.78 Å². The molecule has 26 heavy (non-hydrogen) atoms. The van der Waals surface area contributed by atoms with Crippen LogP contribution < -0.4 is 4.90 Å². The number of anilines is 1. The predicted octanol–water partition coefficient (Wildman–Crippen LogP) is 4.88. The highest BCUT2D eigenvalue weighted by Crippen LogP contribution is 2.35. The second-order valence-corrected chi connectivity index (χ2v) is 6.87. The third-order valence-corrected chi connectivity index (χ3v) is 5.25. The number of alkyl halides is 2. The molecule has 0 aliphatic carbocycles. The maximum atomic E-state index is 13.8. The summed E-state index contributed by atoms with van der Waals surface area (Å²) >= 11 is 0. The standard InChI is InChI=1S/C20H21F2N3O/c21-19(22)17(15-2-3-18-16(13-15)6-11-26-18)12-14-4-9-25(10-5-14)20-23-7-1-8-24-20/h1-3,6-8,11,13-14,17,19H,4-5,9-10,12H2. The number of halogens is 2. The Morgan fingerprint density at radius 1 is 1.12 bits per heavy atom. The molecule has 0 saturated carbocycles. The van der Waals surface area contributed by atoms with Gasteiger partial charge in [-0.2, -0.15) is 0 Å². The summed E-state index contributed by atoms with van der Waals surface area (Å²) in [4.78, 5) is 10.7. The van der Waals surface area contributed by atoms with E-state index in [-0.39, 0.29) is 5.92 Å². The lowest BCUT2D eigenvalue weighted by atomic mass is 9.84. The van der Waals surface area contributed by atoms with Crippen LogP contribution in [-0.4, -0.2) is 29.5 Å². The zero-order chi connectivity index (χ0) is 17.9. The van der Waals surface area contributed by atoms with Gasteiger partial charge in [-0.25, -0.2) is 18.7 Å². The quantitative estimate of drug-likeness (QED) is 0.653. The Bertz CT molecular complexity index is 844. The molecule has 1 aliphatic rings. The average Bonchev–Trinajstić information content (AvgIpc) is 3.15. The van der Waals surface area contributed by atoms with E-state index in [2.05, 4.69) is 14.9 Å². The van der Waals surface area contributed by atoms with E-state index in [1.807, 2.05) is 12.1 Å². The monoisotopic (exact) mass is 357 g/mol. The number of aromatic nitrogens is 2. The highest BCUT2D eigenvalue weighted by Gasteiger charge is 2.29. The highest BCUT2D eigenvalue weighted by atomic mass is 19.3. The fourth-order valence-electron chi connectivity index (χ4n) is 3.78. The van der Waals surface area contributed by atoms with Crippen molar-refractivity contribution in [2.24, 2.45) is 5.92 Å². The summed E-state index contributed by atoms with van der Waals surface area (Å²) in [6.07, 6.45) is 4.96. The van der Waals surface area contributed by atoms with Gasteiger partial charge in [0, 0.05) is 36.8 Å². The summed E-state index contributed by atoms with van der Waals surface area (Å²) in [6, 6.07) is 9.01. The van der Waals surface area contributed by atoms with Crippen LogP contribution in [0.5, 0.6) is 0 Å². The van der Waals surface area contributed by atoms with Crippen molar-refractivity contribution in [3.8, 4) is 0 Å². The van der Waals surface area contributed by atoms with E-state index in [1.54, 1.807) is 36.9 Å². The van der Waals surface area contributed by atoms with Crippen LogP contribution >= 0.6 is 0 Å². The number of piperidine rings is 1. The fraction of sp³-hybridized carbons (Fsp3) is 0.400. The van der Waals surface area contributed by atoms with Gasteiger partial charge in [0.25, 0.3) is 0 Å². The molecule has 1 unspecified atom stereocenters. The van der Waals surface area contributed by atoms with Gasteiger partial charge >= 0.3 is 0 Å². The Balaban J connectivity index is 1.43. The number of benzene rings is 1. The summed E-state index contributed by atoms with van der Waals surface area (Å²) in [5.74, 6) is 0.273. The van der Waals surface area contributed by atoms with Crippen LogP contribution in [0.2, 0.25) is 0 Å². The molecule has 2 aromatic heterocycles. The van der Waals surface area contributed by atoms with Crippen molar-refractivity contribution >= 4 is 16.9 Å². The Morgan fingerprint density at radius 2 is 1.88 bits per heavy atom. The summed E-state index contributed by atoms with van der Waals surface area (Å²) in [7, 11) is 0. The van der Waals surface area contributed by atoms with Crippen LogP contribution in [0.3, 0.4) is 0 Å². The lowest BCUT2D eigenvalue weighted by Gasteiger charge is -2.33. The minimum atomic E-state index is -2.37. The third kappa shape index (κ3) is 3.54. The maximum Gasteiger partial charge on any atom is 0.245 e. The van der Waals surface area contributed by atoms with Crippen LogP contribution in [0.15, 0.2) is 53.4 Å². The van der Waals surface area contributed by atoms with Crippen LogP contribution in [0.4, 0.5) is 14.7 Å². The Labute approximate surface area is 150 Å². The van der Waals surface area contributed by atoms with Crippen LogP contribution in [0.1, 0.15) is 30.7 Å². The summed E-state index contributed by atoms with van der Waals surface area (Å²) in [6.45, 7) is 1.62. The molecule has 0 radical (unpaired) electrons. The molecule has 0 amide bonds. The second-order valence-electron chi connectivity index (χ2n) is 6.87. The maximum absolute atomic E-state index is 13.8. The van der Waals surface area contributed by atoms with Crippen molar-refractivity contribution in [1.82, 2.24) is 9.97 Å². The van der Waals surface area contributed by atoms with Gasteiger partial charge in [0.2, 0.25) is 12.4 Å². The summed E-state index contributed by atoms with van der Waals surface area (Å²) < 4.78 is 32.8. The fourth-order valence-corrected chi connectivity index (χ4v) is 3.78. The first kappa shape index (κ1) is 16.9. The number of fused-ring (bicyclic) bond motifs is 1. The van der Waals surface area contributed by atoms with Gasteiger partial charge < -0.3 is 9.32 Å². The molecule has 0 spiro atoms. The average molecular weight is 357 g/mol. The van der Waals surface area contributed by atoms with Crippen molar-refractivity contribution in [2.75, 3.05) is 18.0 Å². The van der Waals surface area contributed by atoms with E-state index in [0.29, 0.717) is 12.0 Å². The molecule has 4 rings (SSSR count). The predicted molar refractivity (Wildman–Crippen MR) is 96.5 cm³/mol. The van der Waals surface area contributed by atoms with Gasteiger partial charge in [-0.1, -0.05) is 6.07 Å². The third-order valence-electron chi connectivity index (χ3n) is 5.25. The molecule has 0 N–H and O–H groups in total. The van der Waals surface area contributed by atoms with E-state index >= 15 is 0 Å². The Hall–Kier alpha value is -2.50. The van der Waals surface area contributed by atoms with Crippen LogP contribution in [-0.2, 0) is 0 Å². The minimum absolute atomic E-state index is 0.286. The molecule has 0 bridgehead atoms. The number of nitrogens with zero attached hydrogens (tertiary/aromatic N) is 3. The van der Waals surface area contributed by atoms with Gasteiger partial charge in [-0.3, -0.25) is 0 Å². The molecule has 1 fully saturated rings. The van der Waals surface area contributed by atoms with Gasteiger partial charge in [-0.15, -0.1) is 0 Å². The molecule has 6 heteroatoms. The zero-order valence-electron chi connectivity index (χ0n) is 14.4. The molecule has 136 valence electrons. The van der Waals surface area contributed by atoms with Crippen LogP contribution in [0.25, 0.3) is 11.0 Å². The van der Waals surface area contributed by atoms with Crippen molar-refractivity contribution in [3.05, 3.63) is 54.6 Å². The SMILES string of the molecule is FC(F)C(CC1CCN(c2ncccn2)CC1)c1ccc2occc2c1. The first-order valence-electron chi connectivity index (χ1n) is 8.98. The molecule has 1 saturated heterocycles. The highest BCUT2D eigenvalue weighted by molar-refractivity contribution is 5.77. The Morgan fingerprint density at radius 3 is 2.62 bits per heavy atom. The van der Waals surface area contributed by atoms with Gasteiger partial charge in [-0.05, 0) is 55.0 Å². The number of hydrogen-bond acceptors (Lipinski definition) is 4. The Kier molecular flexibility index (Phi) is 4.82. The van der Waals surface area contributed by atoms with E-state index in [0.717, 1.165) is 42.8 Å². The lowest BCUT2D eigenvalue weighted by molar-refractivity contribution is 0.0986. The van der Waals surface area contributed by atoms with Gasteiger partial charge in [0.15, 0.2) is 0 Å². The van der Waals surface area contributed by atoms with E-state index < -0.39 is 12.3 Å². The van der Waals surface area contributed by atoms with E-state index in [4.69, 9.17) is 4.42 Å². The molecule has 3 aromatic rings. The van der Waals surface area contributed by atoms with Crippen molar-refractivity contribution in [1.29, 1.82) is 0 Å². The first-order valence-corrected chi connectivity index (χ1v) is 8.98. The largest absolute Gasteiger partial charge is 0.464 e. The van der Waals surface area contributed by atoms with Gasteiger partial charge in [0.1, 0.15) is 5.58 Å². The molecular formula is C20H21F2N3O. The normalized spacial score (nSPS) is 17.1. The molecule has 4 nitrogen and oxygen atoms in total. The molecule has 1 aromatic carbocycles. The number of rotatable bonds is 5. The zero-order valence-corrected chi connectivity index (χ0v) is 14.4. The minimum Gasteiger partial charge on any atom is -0.464 e. The molecule has 1 atom stereocenters. The molecular weight excluding hydrogens is 336 g/mol. The van der Waals surface area contributed by atoms with E-state index in [1.165, 1.54) is 0 Å². The van der Waals surface area contributed by atoms with Crippen molar-refractivity contribution < 1.29 is 13.2 Å². The number of furan rings is 1. The van der Waals surface area contributed by atoms with Crippen LogP contribution in [0, 0.1) is 5.92 Å². The molecule has 1 aliphatic heterocycles. The summed E-state index contributed by atoms with van der Waals surface area (Å²) in [5, 5.41) is 0.879. The molecule has 3 heterocycles. The topological polar surface area (TPSA) is 42.2 Å². The number of hydrogen-bond donors (Lipinski definition) is 0. The lowest BCUT2D eigenvalue weighted by Crippen LogP contribution is -2.35. The first-order chi connectivity index (χ1) is 12.7. The second kappa shape index (κ2) is 7.40. The smallest absolute Gasteiger partial charge is 0.245 e. The van der Waals surface area contributed by atoms with Gasteiger partial charge in [0.05, 0.1) is 6.26 Å². The summed E-state index contributed by atoms with van der Waals surface area (Å²) in [5.41, 5.74) is 1.43. The van der Waals surface area contributed by atoms with Crippen molar-refractivity contribution in [3.63, 3.8) is 0 Å².